The van der Waals surface area contributed by atoms with Crippen LogP contribution >= 0.6 is 11.5 Å². The number of hydrogen-bond donors (Lipinski definition) is 0. The molecule has 0 aliphatic carbocycles. The van der Waals surface area contributed by atoms with Gasteiger partial charge in [0.15, 0.2) is 0 Å². The zero-order chi connectivity index (χ0) is 15.7. The van der Waals surface area contributed by atoms with E-state index in [1.165, 1.54) is 28.2 Å². The molecule has 1 aliphatic rings. The van der Waals surface area contributed by atoms with Gasteiger partial charge in [0.25, 0.3) is 5.91 Å². The first-order valence-corrected chi connectivity index (χ1v) is 8.29. The summed E-state index contributed by atoms with van der Waals surface area (Å²) in [5, 5.41) is 1.83. The molecule has 1 fully saturated rings. The van der Waals surface area contributed by atoms with Crippen LogP contribution in [0.3, 0.4) is 0 Å². The van der Waals surface area contributed by atoms with Gasteiger partial charge in [-0.05, 0) is 43.4 Å². The van der Waals surface area contributed by atoms with Crippen LogP contribution in [0.1, 0.15) is 38.8 Å². The third kappa shape index (κ3) is 2.91. The molecule has 22 heavy (non-hydrogen) atoms. The highest BCUT2D eigenvalue weighted by atomic mass is 32.1. The van der Waals surface area contributed by atoms with Crippen LogP contribution in [0.25, 0.3) is 0 Å². The van der Waals surface area contributed by atoms with Gasteiger partial charge in [0.05, 0.1) is 24.4 Å². The Morgan fingerprint density at radius 2 is 2.18 bits per heavy atom. The first-order valence-electron chi connectivity index (χ1n) is 7.45. The van der Waals surface area contributed by atoms with Crippen LogP contribution in [0.5, 0.6) is 0 Å². The van der Waals surface area contributed by atoms with Crippen LogP contribution in [0, 0.1) is 20.8 Å². The van der Waals surface area contributed by atoms with E-state index in [4.69, 9.17) is 4.74 Å². The molecule has 4 nitrogen and oxygen atoms in total. The molecule has 5 heteroatoms. The van der Waals surface area contributed by atoms with Crippen molar-refractivity contribution in [2.75, 3.05) is 19.7 Å². The summed E-state index contributed by atoms with van der Waals surface area (Å²) < 4.78 is 10.1. The smallest absolute Gasteiger partial charge is 0.256 e. The van der Waals surface area contributed by atoms with Crippen molar-refractivity contribution in [3.05, 3.63) is 51.5 Å². The predicted molar refractivity (Wildman–Crippen MR) is 87.4 cm³/mol. The Hall–Kier alpha value is -1.72. The van der Waals surface area contributed by atoms with Crippen molar-refractivity contribution in [2.45, 2.75) is 26.9 Å². The topological polar surface area (TPSA) is 42.4 Å². The van der Waals surface area contributed by atoms with Crippen LogP contribution in [-0.2, 0) is 4.74 Å². The maximum absolute atomic E-state index is 12.6. The van der Waals surface area contributed by atoms with Crippen LogP contribution < -0.4 is 0 Å². The fourth-order valence-corrected chi connectivity index (χ4v) is 3.56. The summed E-state index contributed by atoms with van der Waals surface area (Å²) in [6.45, 7) is 7.86. The van der Waals surface area contributed by atoms with Gasteiger partial charge in [0.2, 0.25) is 0 Å². The Morgan fingerprint density at radius 3 is 2.86 bits per heavy atom. The van der Waals surface area contributed by atoms with Crippen LogP contribution in [0.15, 0.2) is 23.6 Å². The highest BCUT2D eigenvalue weighted by Gasteiger charge is 2.28. The van der Waals surface area contributed by atoms with E-state index in [1.54, 1.807) is 0 Å². The molecule has 1 amide bonds. The standard InChI is InChI=1S/C17H20N2O2S/c1-11-4-5-14(12(2)8-11)16-9-19(6-7-21-16)17(20)15-10-22-18-13(15)3/h4-5,8,10,16H,6-7,9H2,1-3H3/t16-/m0/s1. The number of ether oxygens (including phenoxy) is 1. The summed E-state index contributed by atoms with van der Waals surface area (Å²) in [6.07, 6.45) is -0.0507. The van der Waals surface area contributed by atoms with Gasteiger partial charge in [0.1, 0.15) is 6.10 Å². The molecule has 0 bridgehead atoms. The number of rotatable bonds is 2. The second kappa shape index (κ2) is 6.18. The van der Waals surface area contributed by atoms with E-state index < -0.39 is 0 Å². The maximum atomic E-state index is 12.6. The Bertz CT molecular complexity index is 696. The summed E-state index contributed by atoms with van der Waals surface area (Å²) in [7, 11) is 0. The molecule has 2 aromatic rings. The zero-order valence-electron chi connectivity index (χ0n) is 13.1. The quantitative estimate of drug-likeness (QED) is 0.854. The summed E-state index contributed by atoms with van der Waals surface area (Å²) in [6, 6.07) is 6.37. The number of morpholine rings is 1. The van der Waals surface area contributed by atoms with Crippen LogP contribution in [0.4, 0.5) is 0 Å². The van der Waals surface area contributed by atoms with Crippen molar-refractivity contribution in [2.24, 2.45) is 0 Å². The van der Waals surface area contributed by atoms with Gasteiger partial charge in [-0.2, -0.15) is 4.37 Å². The molecular weight excluding hydrogens is 296 g/mol. The molecule has 0 N–H and O–H groups in total. The van der Waals surface area contributed by atoms with Gasteiger partial charge in [-0.15, -0.1) is 0 Å². The van der Waals surface area contributed by atoms with Crippen molar-refractivity contribution in [1.29, 1.82) is 0 Å². The van der Waals surface area contributed by atoms with Crippen molar-refractivity contribution in [3.8, 4) is 0 Å². The number of carbonyl (C=O) groups is 1. The highest BCUT2D eigenvalue weighted by Crippen LogP contribution is 2.27. The number of benzene rings is 1. The molecule has 1 aromatic heterocycles. The number of aromatic nitrogens is 1. The number of nitrogens with zero attached hydrogens (tertiary/aromatic N) is 2. The third-order valence-corrected chi connectivity index (χ3v) is 4.83. The Balaban J connectivity index is 1.80. The number of amides is 1. The van der Waals surface area contributed by atoms with Crippen molar-refractivity contribution >= 4 is 17.4 Å². The van der Waals surface area contributed by atoms with Gasteiger partial charge in [-0.3, -0.25) is 4.79 Å². The largest absolute Gasteiger partial charge is 0.370 e. The van der Waals surface area contributed by atoms with E-state index in [-0.39, 0.29) is 12.0 Å². The monoisotopic (exact) mass is 316 g/mol. The molecule has 1 atom stereocenters. The fourth-order valence-electron chi connectivity index (χ4n) is 2.88. The fraction of sp³-hybridized carbons (Fsp3) is 0.412. The van der Waals surface area contributed by atoms with Crippen molar-refractivity contribution < 1.29 is 9.53 Å². The lowest BCUT2D eigenvalue weighted by Crippen LogP contribution is -2.42. The second-order valence-corrected chi connectivity index (χ2v) is 6.41. The highest BCUT2D eigenvalue weighted by molar-refractivity contribution is 7.03. The minimum absolute atomic E-state index is 0.0507. The average molecular weight is 316 g/mol. The molecule has 116 valence electrons. The number of aryl methyl sites for hydroxylation is 3. The molecule has 0 spiro atoms. The Kier molecular flexibility index (Phi) is 4.27. The van der Waals surface area contributed by atoms with E-state index in [1.807, 2.05) is 17.2 Å². The average Bonchev–Trinajstić information content (AvgIpc) is 2.93. The summed E-state index contributed by atoms with van der Waals surface area (Å²) in [4.78, 5) is 14.5. The molecule has 1 aliphatic heterocycles. The van der Waals surface area contributed by atoms with Crippen LogP contribution in [0.2, 0.25) is 0 Å². The lowest BCUT2D eigenvalue weighted by Gasteiger charge is -2.33. The number of carbonyl (C=O) groups excluding carboxylic acids is 1. The lowest BCUT2D eigenvalue weighted by atomic mass is 9.99. The van der Waals surface area contributed by atoms with Crippen molar-refractivity contribution in [3.63, 3.8) is 0 Å². The Labute approximate surface area is 134 Å². The number of hydrogen-bond acceptors (Lipinski definition) is 4. The molecule has 0 saturated carbocycles. The van der Waals surface area contributed by atoms with Gasteiger partial charge in [-0.25, -0.2) is 0 Å². The van der Waals surface area contributed by atoms with E-state index in [9.17, 15) is 4.79 Å². The van der Waals surface area contributed by atoms with E-state index in [0.717, 1.165) is 5.69 Å². The van der Waals surface area contributed by atoms with E-state index in [0.29, 0.717) is 25.3 Å². The van der Waals surface area contributed by atoms with Gasteiger partial charge in [-0.1, -0.05) is 23.8 Å². The molecule has 0 unspecified atom stereocenters. The third-order valence-electron chi connectivity index (χ3n) is 4.11. The van der Waals surface area contributed by atoms with Crippen molar-refractivity contribution in [1.82, 2.24) is 9.27 Å². The first-order chi connectivity index (χ1) is 10.6. The molecule has 3 rings (SSSR count). The lowest BCUT2D eigenvalue weighted by molar-refractivity contribution is -0.0231. The van der Waals surface area contributed by atoms with Crippen LogP contribution in [-0.4, -0.2) is 34.9 Å². The zero-order valence-corrected chi connectivity index (χ0v) is 13.9. The normalized spacial score (nSPS) is 18.5. The van der Waals surface area contributed by atoms with E-state index in [2.05, 4.69) is 36.4 Å². The SMILES string of the molecule is Cc1ccc([C@@H]2CN(C(=O)c3csnc3C)CCO2)c(C)c1. The summed E-state index contributed by atoms with van der Waals surface area (Å²) in [5.74, 6) is 0.0596. The minimum atomic E-state index is -0.0507. The summed E-state index contributed by atoms with van der Waals surface area (Å²) >= 11 is 1.33. The van der Waals surface area contributed by atoms with Gasteiger partial charge in [0, 0.05) is 11.9 Å². The molecule has 0 radical (unpaired) electrons. The molecule has 2 heterocycles. The van der Waals surface area contributed by atoms with Gasteiger partial charge < -0.3 is 9.64 Å². The second-order valence-electron chi connectivity index (χ2n) is 5.78. The molecule has 1 saturated heterocycles. The first kappa shape index (κ1) is 15.2. The maximum Gasteiger partial charge on any atom is 0.256 e. The Morgan fingerprint density at radius 1 is 1.36 bits per heavy atom. The molecular formula is C17H20N2O2S. The molecule has 1 aromatic carbocycles. The van der Waals surface area contributed by atoms with Gasteiger partial charge >= 0.3 is 0 Å². The van der Waals surface area contributed by atoms with E-state index >= 15 is 0 Å². The summed E-state index contributed by atoms with van der Waals surface area (Å²) in [5.41, 5.74) is 5.15. The predicted octanol–water partition coefficient (Wildman–Crippen LogP) is 3.28. The minimum Gasteiger partial charge on any atom is -0.370 e.